The fourth-order valence-electron chi connectivity index (χ4n) is 2.93. The number of benzene rings is 2. The van der Waals surface area contributed by atoms with E-state index in [1.807, 2.05) is 12.1 Å². The minimum absolute atomic E-state index is 0.0300. The average Bonchev–Trinajstić information content (AvgIpc) is 3.12. The first-order valence-corrected chi connectivity index (χ1v) is 7.92. The summed E-state index contributed by atoms with van der Waals surface area (Å²) in [6, 6.07) is 14.6. The number of carbonyl (C=O) groups is 2. The molecule has 2 aromatic rings. The van der Waals surface area contributed by atoms with E-state index in [4.69, 9.17) is 5.26 Å². The van der Waals surface area contributed by atoms with E-state index in [0.29, 0.717) is 30.8 Å². The molecule has 1 N–H and O–H groups in total. The summed E-state index contributed by atoms with van der Waals surface area (Å²) in [5.74, 6) is -1.60. The first-order valence-electron chi connectivity index (χ1n) is 7.92. The van der Waals surface area contributed by atoms with Gasteiger partial charge in [-0.2, -0.15) is 5.26 Å². The van der Waals surface area contributed by atoms with E-state index in [9.17, 15) is 14.0 Å². The van der Waals surface area contributed by atoms with E-state index in [1.165, 1.54) is 17.0 Å². The van der Waals surface area contributed by atoms with E-state index in [0.717, 1.165) is 5.56 Å². The molecule has 0 spiro atoms. The fourth-order valence-corrected chi connectivity index (χ4v) is 2.93. The Morgan fingerprint density at radius 1 is 1.20 bits per heavy atom. The Morgan fingerprint density at radius 2 is 1.96 bits per heavy atom. The first-order chi connectivity index (χ1) is 12.1. The number of nitrogens with zero attached hydrogens (tertiary/aromatic N) is 2. The zero-order valence-electron chi connectivity index (χ0n) is 13.4. The van der Waals surface area contributed by atoms with Gasteiger partial charge < -0.3 is 10.2 Å². The molecule has 1 atom stereocenters. The van der Waals surface area contributed by atoms with Crippen molar-refractivity contribution < 1.29 is 14.0 Å². The predicted molar refractivity (Wildman–Crippen MR) is 90.1 cm³/mol. The zero-order valence-corrected chi connectivity index (χ0v) is 13.4. The van der Waals surface area contributed by atoms with Gasteiger partial charge in [-0.25, -0.2) is 4.39 Å². The van der Waals surface area contributed by atoms with Gasteiger partial charge in [0.25, 0.3) is 0 Å². The van der Waals surface area contributed by atoms with Gasteiger partial charge in [-0.3, -0.25) is 9.59 Å². The molecule has 0 saturated carbocycles. The summed E-state index contributed by atoms with van der Waals surface area (Å²) in [5, 5.41) is 11.3. The molecule has 1 aliphatic rings. The van der Waals surface area contributed by atoms with Crippen molar-refractivity contribution in [3.63, 3.8) is 0 Å². The van der Waals surface area contributed by atoms with Crippen molar-refractivity contribution in [2.45, 2.75) is 12.3 Å². The number of carbonyl (C=O) groups excluding carboxylic acids is 2. The van der Waals surface area contributed by atoms with Crippen LogP contribution in [0, 0.1) is 17.1 Å². The van der Waals surface area contributed by atoms with Crippen molar-refractivity contribution in [1.82, 2.24) is 4.90 Å². The summed E-state index contributed by atoms with van der Waals surface area (Å²) in [5.41, 5.74) is 1.77. The largest absolute Gasteiger partial charge is 0.334 e. The molecule has 126 valence electrons. The topological polar surface area (TPSA) is 73.2 Å². The molecule has 0 bridgehead atoms. The molecular weight excluding hydrogens is 321 g/mol. The van der Waals surface area contributed by atoms with Gasteiger partial charge in [-0.15, -0.1) is 0 Å². The Kier molecular flexibility index (Phi) is 4.75. The number of hydrogen-bond donors (Lipinski definition) is 1. The summed E-state index contributed by atoms with van der Waals surface area (Å²) < 4.78 is 13.3. The molecule has 1 fully saturated rings. The number of hydrogen-bond acceptors (Lipinski definition) is 3. The number of nitrogens with one attached hydrogen (secondary N) is 1. The van der Waals surface area contributed by atoms with Gasteiger partial charge in [0.05, 0.1) is 11.6 Å². The molecule has 1 saturated heterocycles. The summed E-state index contributed by atoms with van der Waals surface area (Å²) >= 11 is 0. The first kappa shape index (κ1) is 16.7. The molecule has 1 aliphatic heterocycles. The molecular formula is C19H16FN3O2. The Morgan fingerprint density at radius 3 is 2.64 bits per heavy atom. The Labute approximate surface area is 144 Å². The smallest absolute Gasteiger partial charge is 0.313 e. The highest BCUT2D eigenvalue weighted by atomic mass is 19.1. The Hall–Kier alpha value is -3.20. The fraction of sp³-hybridized carbons (Fsp3) is 0.211. The molecule has 2 aromatic carbocycles. The van der Waals surface area contributed by atoms with Crippen molar-refractivity contribution in [3.05, 3.63) is 65.5 Å². The maximum atomic E-state index is 13.3. The van der Waals surface area contributed by atoms with Crippen LogP contribution < -0.4 is 5.32 Å². The van der Waals surface area contributed by atoms with E-state index in [-0.39, 0.29) is 11.7 Å². The number of halogens is 1. The SMILES string of the molecule is N#Cc1ccc(NC(=O)C(=O)N2CC[C@@H](c3cccc(F)c3)C2)cc1. The lowest BCUT2D eigenvalue weighted by atomic mass is 9.98. The second kappa shape index (κ2) is 7.14. The van der Waals surface area contributed by atoms with Crippen molar-refractivity contribution in [2.75, 3.05) is 18.4 Å². The summed E-state index contributed by atoms with van der Waals surface area (Å²) in [6.45, 7) is 0.851. The van der Waals surface area contributed by atoms with E-state index in [2.05, 4.69) is 5.32 Å². The predicted octanol–water partition coefficient (Wildman–Crippen LogP) is 2.65. The number of rotatable bonds is 2. The molecule has 5 nitrogen and oxygen atoms in total. The van der Waals surface area contributed by atoms with Crippen LogP contribution in [0.25, 0.3) is 0 Å². The van der Waals surface area contributed by atoms with Crippen molar-refractivity contribution in [3.8, 4) is 6.07 Å². The van der Waals surface area contributed by atoms with Gasteiger partial charge in [0, 0.05) is 24.7 Å². The van der Waals surface area contributed by atoms with Gasteiger partial charge in [0.15, 0.2) is 0 Å². The summed E-state index contributed by atoms with van der Waals surface area (Å²) in [7, 11) is 0. The maximum absolute atomic E-state index is 13.3. The highest BCUT2D eigenvalue weighted by Crippen LogP contribution is 2.27. The quantitative estimate of drug-likeness (QED) is 0.856. The molecule has 3 rings (SSSR count). The van der Waals surface area contributed by atoms with Crippen LogP contribution in [-0.2, 0) is 9.59 Å². The minimum atomic E-state index is -0.718. The molecule has 0 unspecified atom stereocenters. The lowest BCUT2D eigenvalue weighted by molar-refractivity contribution is -0.142. The molecule has 25 heavy (non-hydrogen) atoms. The Balaban J connectivity index is 1.61. The van der Waals surface area contributed by atoms with Crippen molar-refractivity contribution in [1.29, 1.82) is 5.26 Å². The van der Waals surface area contributed by atoms with Crippen LogP contribution in [0.2, 0.25) is 0 Å². The minimum Gasteiger partial charge on any atom is -0.334 e. The van der Waals surface area contributed by atoms with Gasteiger partial charge in [-0.1, -0.05) is 12.1 Å². The molecule has 1 heterocycles. The molecule has 0 aliphatic carbocycles. The van der Waals surface area contributed by atoms with Crippen molar-refractivity contribution in [2.24, 2.45) is 0 Å². The highest BCUT2D eigenvalue weighted by molar-refractivity contribution is 6.39. The van der Waals surface area contributed by atoms with Crippen LogP contribution in [0.1, 0.15) is 23.5 Å². The molecule has 0 radical (unpaired) electrons. The van der Waals surface area contributed by atoms with Gasteiger partial charge >= 0.3 is 11.8 Å². The zero-order chi connectivity index (χ0) is 17.8. The lowest BCUT2D eigenvalue weighted by Crippen LogP contribution is -2.38. The summed E-state index contributed by atoms with van der Waals surface area (Å²) in [6.07, 6.45) is 0.694. The third kappa shape index (κ3) is 3.83. The number of likely N-dealkylation sites (tertiary alicyclic amines) is 1. The second-order valence-corrected chi connectivity index (χ2v) is 5.94. The number of amides is 2. The van der Waals surface area contributed by atoms with Gasteiger partial charge in [0.1, 0.15) is 5.82 Å². The standard InChI is InChI=1S/C19H16FN3O2/c20-16-3-1-2-14(10-16)15-8-9-23(12-15)19(25)18(24)22-17-6-4-13(11-21)5-7-17/h1-7,10,15H,8-9,12H2,(H,22,24)/t15-/m1/s1. The van der Waals surface area contributed by atoms with Crippen molar-refractivity contribution >= 4 is 17.5 Å². The van der Waals surface area contributed by atoms with Gasteiger partial charge in [-0.05, 0) is 48.4 Å². The van der Waals surface area contributed by atoms with Crippen LogP contribution in [0.4, 0.5) is 10.1 Å². The highest BCUT2D eigenvalue weighted by Gasteiger charge is 2.30. The monoisotopic (exact) mass is 337 g/mol. The van der Waals surface area contributed by atoms with Crippen LogP contribution in [0.15, 0.2) is 48.5 Å². The summed E-state index contributed by atoms with van der Waals surface area (Å²) in [4.78, 5) is 25.9. The van der Waals surface area contributed by atoms with Gasteiger partial charge in [0.2, 0.25) is 0 Å². The third-order valence-corrected chi connectivity index (χ3v) is 4.26. The molecule has 2 amide bonds. The third-order valence-electron chi connectivity index (χ3n) is 4.26. The number of anilines is 1. The molecule has 0 aromatic heterocycles. The normalized spacial score (nSPS) is 16.3. The van der Waals surface area contributed by atoms with Crippen LogP contribution in [0.3, 0.4) is 0 Å². The number of nitriles is 1. The van der Waals surface area contributed by atoms with Crippen LogP contribution >= 0.6 is 0 Å². The van der Waals surface area contributed by atoms with Crippen LogP contribution in [0.5, 0.6) is 0 Å². The average molecular weight is 337 g/mol. The van der Waals surface area contributed by atoms with Crippen LogP contribution in [-0.4, -0.2) is 29.8 Å². The van der Waals surface area contributed by atoms with E-state index >= 15 is 0 Å². The lowest BCUT2D eigenvalue weighted by Gasteiger charge is -2.16. The maximum Gasteiger partial charge on any atom is 0.313 e. The van der Waals surface area contributed by atoms with E-state index < -0.39 is 11.8 Å². The molecule has 6 heteroatoms. The Bertz CT molecular complexity index is 842. The van der Waals surface area contributed by atoms with E-state index in [1.54, 1.807) is 30.3 Å². The second-order valence-electron chi connectivity index (χ2n) is 5.94.